The van der Waals surface area contributed by atoms with E-state index in [2.05, 4.69) is 10.3 Å². The topological polar surface area (TPSA) is 65.4 Å². The fraction of sp³-hybridized carbons (Fsp3) is 0.286. The highest BCUT2D eigenvalue weighted by Crippen LogP contribution is 2.34. The fourth-order valence-corrected chi connectivity index (χ4v) is 2.21. The van der Waals surface area contributed by atoms with Crippen molar-refractivity contribution < 1.29 is 9.47 Å². The molecule has 1 aromatic heterocycles. The van der Waals surface area contributed by atoms with E-state index in [9.17, 15) is 4.79 Å². The maximum atomic E-state index is 11.7. The van der Waals surface area contributed by atoms with Crippen molar-refractivity contribution in [2.75, 3.05) is 13.8 Å². The molecule has 0 saturated carbocycles. The number of likely N-dealkylation sites (N-methyl/N-ethyl adjacent to an activating group) is 1. The molecule has 0 bridgehead atoms. The SMILES string of the molecule is CNC(Cn1cnccc1=O)c1ccc2c(c1)OCO2. The molecule has 3 rings (SSSR count). The number of hydrogen-bond acceptors (Lipinski definition) is 5. The number of hydrogen-bond donors (Lipinski definition) is 1. The van der Waals surface area contributed by atoms with Gasteiger partial charge in [0.1, 0.15) is 0 Å². The van der Waals surface area contributed by atoms with Gasteiger partial charge in [-0.1, -0.05) is 6.07 Å². The van der Waals surface area contributed by atoms with Gasteiger partial charge in [-0.15, -0.1) is 0 Å². The van der Waals surface area contributed by atoms with Crippen LogP contribution in [0.1, 0.15) is 11.6 Å². The monoisotopic (exact) mass is 273 g/mol. The van der Waals surface area contributed by atoms with Crippen molar-refractivity contribution in [2.45, 2.75) is 12.6 Å². The van der Waals surface area contributed by atoms with Crippen LogP contribution in [-0.2, 0) is 6.54 Å². The quantitative estimate of drug-likeness (QED) is 0.898. The lowest BCUT2D eigenvalue weighted by atomic mass is 10.1. The lowest BCUT2D eigenvalue weighted by Crippen LogP contribution is -2.28. The molecule has 0 saturated heterocycles. The van der Waals surface area contributed by atoms with Crippen molar-refractivity contribution in [1.82, 2.24) is 14.9 Å². The molecule has 2 aromatic rings. The second kappa shape index (κ2) is 5.34. The van der Waals surface area contributed by atoms with Crippen molar-refractivity contribution in [3.63, 3.8) is 0 Å². The van der Waals surface area contributed by atoms with E-state index in [0.29, 0.717) is 6.54 Å². The summed E-state index contributed by atoms with van der Waals surface area (Å²) < 4.78 is 12.2. The van der Waals surface area contributed by atoms with Gasteiger partial charge in [0.2, 0.25) is 6.79 Å². The Labute approximate surface area is 116 Å². The van der Waals surface area contributed by atoms with Crippen molar-refractivity contribution in [2.24, 2.45) is 0 Å². The normalized spacial score (nSPS) is 14.2. The lowest BCUT2D eigenvalue weighted by molar-refractivity contribution is 0.174. The Morgan fingerprint density at radius 3 is 3.00 bits per heavy atom. The van der Waals surface area contributed by atoms with E-state index in [1.165, 1.54) is 12.3 Å². The number of rotatable bonds is 4. The van der Waals surface area contributed by atoms with Crippen LogP contribution in [0, 0.1) is 0 Å². The summed E-state index contributed by atoms with van der Waals surface area (Å²) in [5.41, 5.74) is 0.966. The molecule has 0 spiro atoms. The van der Waals surface area contributed by atoms with Gasteiger partial charge in [-0.05, 0) is 24.7 Å². The van der Waals surface area contributed by atoms with Crippen LogP contribution in [0.2, 0.25) is 0 Å². The van der Waals surface area contributed by atoms with Crippen LogP contribution in [-0.4, -0.2) is 23.4 Å². The maximum Gasteiger partial charge on any atom is 0.253 e. The van der Waals surface area contributed by atoms with Gasteiger partial charge in [-0.25, -0.2) is 4.98 Å². The maximum absolute atomic E-state index is 11.7. The van der Waals surface area contributed by atoms with Gasteiger partial charge in [0, 0.05) is 18.8 Å². The van der Waals surface area contributed by atoms with Gasteiger partial charge in [0.25, 0.3) is 5.56 Å². The number of benzene rings is 1. The van der Waals surface area contributed by atoms with Crippen molar-refractivity contribution >= 4 is 0 Å². The van der Waals surface area contributed by atoms with Crippen molar-refractivity contribution in [3.05, 3.63) is 52.7 Å². The van der Waals surface area contributed by atoms with Crippen LogP contribution in [0.15, 0.2) is 41.6 Å². The molecule has 6 heteroatoms. The lowest BCUT2D eigenvalue weighted by Gasteiger charge is -2.18. The van der Waals surface area contributed by atoms with Crippen LogP contribution >= 0.6 is 0 Å². The van der Waals surface area contributed by atoms with E-state index in [1.807, 2.05) is 25.2 Å². The molecule has 2 heterocycles. The molecule has 1 aromatic carbocycles. The number of fused-ring (bicyclic) bond motifs is 1. The summed E-state index contributed by atoms with van der Waals surface area (Å²) in [6.07, 6.45) is 3.04. The first-order valence-electron chi connectivity index (χ1n) is 6.35. The molecule has 1 aliphatic heterocycles. The van der Waals surface area contributed by atoms with Crippen molar-refractivity contribution in [3.8, 4) is 11.5 Å². The summed E-state index contributed by atoms with van der Waals surface area (Å²) in [5, 5.41) is 3.20. The molecule has 1 atom stereocenters. The van der Waals surface area contributed by atoms with Gasteiger partial charge < -0.3 is 14.8 Å². The molecule has 0 radical (unpaired) electrons. The first-order chi connectivity index (χ1) is 9.78. The Morgan fingerprint density at radius 1 is 1.35 bits per heavy atom. The largest absolute Gasteiger partial charge is 0.454 e. The fourth-order valence-electron chi connectivity index (χ4n) is 2.21. The molecule has 1 aliphatic rings. The van der Waals surface area contributed by atoms with E-state index in [-0.39, 0.29) is 18.4 Å². The minimum atomic E-state index is -0.0685. The Bertz CT molecular complexity index is 669. The number of aromatic nitrogens is 2. The molecule has 6 nitrogen and oxygen atoms in total. The molecule has 20 heavy (non-hydrogen) atoms. The highest BCUT2D eigenvalue weighted by Gasteiger charge is 2.17. The Kier molecular flexibility index (Phi) is 3.39. The molecular formula is C14H15N3O3. The zero-order valence-electron chi connectivity index (χ0n) is 11.1. The summed E-state index contributed by atoms with van der Waals surface area (Å²) in [4.78, 5) is 15.7. The minimum Gasteiger partial charge on any atom is -0.454 e. The van der Waals surface area contributed by atoms with E-state index in [1.54, 1.807) is 10.9 Å². The molecule has 0 amide bonds. The van der Waals surface area contributed by atoms with Gasteiger partial charge in [0.15, 0.2) is 11.5 Å². The van der Waals surface area contributed by atoms with Gasteiger partial charge in [-0.2, -0.15) is 0 Å². The first kappa shape index (κ1) is 12.7. The molecule has 0 fully saturated rings. The summed E-state index contributed by atoms with van der Waals surface area (Å²) in [7, 11) is 1.86. The van der Waals surface area contributed by atoms with Gasteiger partial charge in [-0.3, -0.25) is 9.36 Å². The summed E-state index contributed by atoms with van der Waals surface area (Å²) in [5.74, 6) is 1.49. The Morgan fingerprint density at radius 2 is 2.20 bits per heavy atom. The molecule has 0 aliphatic carbocycles. The molecule has 104 valence electrons. The first-order valence-corrected chi connectivity index (χ1v) is 6.35. The minimum absolute atomic E-state index is 0.00796. The second-order valence-electron chi connectivity index (χ2n) is 4.52. The van der Waals surface area contributed by atoms with E-state index in [4.69, 9.17) is 9.47 Å². The average Bonchev–Trinajstić information content (AvgIpc) is 2.94. The third kappa shape index (κ3) is 2.37. The van der Waals surface area contributed by atoms with Crippen molar-refractivity contribution in [1.29, 1.82) is 0 Å². The van der Waals surface area contributed by atoms with E-state index >= 15 is 0 Å². The van der Waals surface area contributed by atoms with Crippen LogP contribution < -0.4 is 20.3 Å². The van der Waals surface area contributed by atoms with Crippen LogP contribution in [0.25, 0.3) is 0 Å². The number of nitrogens with zero attached hydrogens (tertiary/aromatic N) is 2. The molecule has 1 unspecified atom stereocenters. The average molecular weight is 273 g/mol. The number of nitrogens with one attached hydrogen (secondary N) is 1. The van der Waals surface area contributed by atoms with Gasteiger partial charge >= 0.3 is 0 Å². The van der Waals surface area contributed by atoms with Crippen LogP contribution in [0.4, 0.5) is 0 Å². The van der Waals surface area contributed by atoms with E-state index < -0.39 is 0 Å². The highest BCUT2D eigenvalue weighted by molar-refractivity contribution is 5.45. The summed E-state index contributed by atoms with van der Waals surface area (Å²) >= 11 is 0. The predicted molar refractivity (Wildman–Crippen MR) is 72.9 cm³/mol. The van der Waals surface area contributed by atoms with E-state index in [0.717, 1.165) is 17.1 Å². The summed E-state index contributed by atoms with van der Waals surface area (Å²) in [6.45, 7) is 0.758. The van der Waals surface area contributed by atoms with Crippen LogP contribution in [0.3, 0.4) is 0 Å². The summed E-state index contributed by atoms with van der Waals surface area (Å²) in [6, 6.07) is 7.23. The zero-order valence-corrected chi connectivity index (χ0v) is 11.1. The Hall–Kier alpha value is -2.34. The standard InChI is InChI=1S/C14H15N3O3/c1-15-11(7-17-8-16-5-4-14(17)18)10-2-3-12-13(6-10)20-9-19-12/h2-6,8,11,15H,7,9H2,1H3. The van der Waals surface area contributed by atoms with Crippen LogP contribution in [0.5, 0.6) is 11.5 Å². The Balaban J connectivity index is 1.87. The highest BCUT2D eigenvalue weighted by atomic mass is 16.7. The second-order valence-corrected chi connectivity index (χ2v) is 4.52. The molecular weight excluding hydrogens is 258 g/mol. The zero-order chi connectivity index (χ0) is 13.9. The third-order valence-corrected chi connectivity index (χ3v) is 3.32. The van der Waals surface area contributed by atoms with Gasteiger partial charge in [0.05, 0.1) is 12.4 Å². The number of ether oxygens (including phenoxy) is 2. The predicted octanol–water partition coefficient (Wildman–Crippen LogP) is 0.933. The smallest absolute Gasteiger partial charge is 0.253 e. The molecule has 1 N–H and O–H groups in total. The third-order valence-electron chi connectivity index (χ3n) is 3.32.